The molecule has 0 amide bonds. The van der Waals surface area contributed by atoms with Gasteiger partial charge in [-0.15, -0.1) is 0 Å². The summed E-state index contributed by atoms with van der Waals surface area (Å²) < 4.78 is 1.70. The summed E-state index contributed by atoms with van der Waals surface area (Å²) in [5, 5.41) is 15.9. The molecule has 0 aliphatic rings. The van der Waals surface area contributed by atoms with Gasteiger partial charge in [-0.05, 0) is 34.4 Å². The van der Waals surface area contributed by atoms with Crippen molar-refractivity contribution in [2.45, 2.75) is 13.0 Å². The van der Waals surface area contributed by atoms with E-state index in [1.165, 1.54) is 4.68 Å². The number of aliphatic hydroxyl groups excluding tert-OH is 1. The van der Waals surface area contributed by atoms with Crippen molar-refractivity contribution in [2.75, 3.05) is 30.5 Å². The van der Waals surface area contributed by atoms with Crippen LogP contribution in [0.1, 0.15) is 6.42 Å². The molecule has 0 aromatic carbocycles. The van der Waals surface area contributed by atoms with E-state index in [9.17, 15) is 4.79 Å². The summed E-state index contributed by atoms with van der Waals surface area (Å²) in [7, 11) is 0. The van der Waals surface area contributed by atoms with Crippen molar-refractivity contribution in [2.24, 2.45) is 0 Å². The van der Waals surface area contributed by atoms with Crippen LogP contribution in [-0.2, 0) is 6.54 Å². The zero-order valence-corrected chi connectivity index (χ0v) is 12.1. The molecule has 0 fully saturated rings. The van der Waals surface area contributed by atoms with Gasteiger partial charge in [-0.3, -0.25) is 4.79 Å². The van der Waals surface area contributed by atoms with Crippen molar-refractivity contribution in [3.63, 3.8) is 0 Å². The van der Waals surface area contributed by atoms with Crippen LogP contribution in [0.15, 0.2) is 15.5 Å². The van der Waals surface area contributed by atoms with Crippen molar-refractivity contribution >= 4 is 33.4 Å². The molecule has 5 nitrogen and oxygen atoms in total. The Hall–Kier alpha value is -0.530. The molecule has 0 bridgehead atoms. The first kappa shape index (κ1) is 14.5. The Kier molecular flexibility index (Phi) is 6.61. The Morgan fingerprint density at radius 1 is 1.65 bits per heavy atom. The molecule has 1 heterocycles. The lowest BCUT2D eigenvalue weighted by Crippen LogP contribution is -2.26. The van der Waals surface area contributed by atoms with Gasteiger partial charge in [0.2, 0.25) is 0 Å². The van der Waals surface area contributed by atoms with Crippen molar-refractivity contribution in [3.05, 3.63) is 21.0 Å². The zero-order valence-electron chi connectivity index (χ0n) is 9.65. The van der Waals surface area contributed by atoms with Gasteiger partial charge in [-0.1, -0.05) is 0 Å². The molecule has 7 heteroatoms. The summed E-state index contributed by atoms with van der Waals surface area (Å²) in [6.07, 6.45) is 4.70. The molecule has 17 heavy (non-hydrogen) atoms. The molecule has 1 rings (SSSR count). The zero-order chi connectivity index (χ0) is 12.7. The summed E-state index contributed by atoms with van der Waals surface area (Å²) in [6, 6.07) is 0. The smallest absolute Gasteiger partial charge is 0.283 e. The lowest BCUT2D eigenvalue weighted by atomic mass is 10.4. The average molecular weight is 322 g/mol. The number of nitrogens with zero attached hydrogens (tertiary/aromatic N) is 2. The first-order valence-electron chi connectivity index (χ1n) is 5.30. The van der Waals surface area contributed by atoms with Gasteiger partial charge in [-0.25, -0.2) is 4.68 Å². The van der Waals surface area contributed by atoms with E-state index in [1.807, 2.05) is 0 Å². The third-order valence-electron chi connectivity index (χ3n) is 2.14. The molecule has 96 valence electrons. The van der Waals surface area contributed by atoms with E-state index in [1.54, 1.807) is 18.0 Å². The van der Waals surface area contributed by atoms with E-state index in [2.05, 4.69) is 32.6 Å². The molecule has 1 aromatic heterocycles. The third kappa shape index (κ3) is 4.33. The highest BCUT2D eigenvalue weighted by Gasteiger charge is 2.07. The van der Waals surface area contributed by atoms with Gasteiger partial charge < -0.3 is 10.4 Å². The Labute approximate surface area is 113 Å². The van der Waals surface area contributed by atoms with Gasteiger partial charge in [0.05, 0.1) is 25.0 Å². The quantitative estimate of drug-likeness (QED) is 0.738. The Bertz CT molecular complexity index is 411. The number of nitrogens with one attached hydrogen (secondary N) is 1. The molecule has 0 unspecified atom stereocenters. The molecule has 0 aliphatic heterocycles. The number of rotatable bonds is 7. The van der Waals surface area contributed by atoms with E-state index in [0.29, 0.717) is 10.2 Å². The molecule has 2 N–H and O–H groups in total. The first-order chi connectivity index (χ1) is 8.20. The van der Waals surface area contributed by atoms with Crippen LogP contribution in [0.25, 0.3) is 0 Å². The van der Waals surface area contributed by atoms with Crippen molar-refractivity contribution in [1.29, 1.82) is 0 Å². The van der Waals surface area contributed by atoms with Crippen molar-refractivity contribution in [3.8, 4) is 0 Å². The molecular weight excluding hydrogens is 306 g/mol. The summed E-state index contributed by atoms with van der Waals surface area (Å²) in [6.45, 7) is 0.925. The predicted octanol–water partition coefficient (Wildman–Crippen LogP) is 1.16. The molecule has 0 atom stereocenters. The van der Waals surface area contributed by atoms with E-state index in [4.69, 9.17) is 5.11 Å². The van der Waals surface area contributed by atoms with Crippen LogP contribution in [0.4, 0.5) is 5.69 Å². The number of anilines is 1. The minimum atomic E-state index is -0.228. The highest BCUT2D eigenvalue weighted by Crippen LogP contribution is 2.15. The number of halogens is 1. The van der Waals surface area contributed by atoms with Gasteiger partial charge in [0, 0.05) is 6.54 Å². The van der Waals surface area contributed by atoms with Crippen molar-refractivity contribution in [1.82, 2.24) is 9.78 Å². The van der Waals surface area contributed by atoms with Crippen LogP contribution in [0, 0.1) is 0 Å². The van der Waals surface area contributed by atoms with Crippen LogP contribution in [0.5, 0.6) is 0 Å². The van der Waals surface area contributed by atoms with E-state index in [-0.39, 0.29) is 18.7 Å². The molecule has 0 spiro atoms. The van der Waals surface area contributed by atoms with Crippen LogP contribution in [0.2, 0.25) is 0 Å². The second kappa shape index (κ2) is 7.73. The maximum Gasteiger partial charge on any atom is 0.283 e. The lowest BCUT2D eigenvalue weighted by Gasteiger charge is -2.09. The lowest BCUT2D eigenvalue weighted by molar-refractivity contribution is 0.266. The van der Waals surface area contributed by atoms with Gasteiger partial charge in [-0.2, -0.15) is 16.9 Å². The van der Waals surface area contributed by atoms with Gasteiger partial charge >= 0.3 is 0 Å². The fourth-order valence-electron chi connectivity index (χ4n) is 1.28. The predicted molar refractivity (Wildman–Crippen MR) is 74.8 cm³/mol. The largest absolute Gasteiger partial charge is 0.394 e. The summed E-state index contributed by atoms with van der Waals surface area (Å²) in [5.74, 6) is 1.08. The molecule has 0 saturated heterocycles. The van der Waals surface area contributed by atoms with E-state index < -0.39 is 0 Å². The number of hydrogen-bond acceptors (Lipinski definition) is 5. The Morgan fingerprint density at radius 3 is 3.06 bits per heavy atom. The summed E-state index contributed by atoms with van der Waals surface area (Å²) in [4.78, 5) is 11.8. The number of aliphatic hydroxyl groups is 1. The fraction of sp³-hybridized carbons (Fsp3) is 0.600. The van der Waals surface area contributed by atoms with E-state index in [0.717, 1.165) is 18.7 Å². The van der Waals surface area contributed by atoms with Gasteiger partial charge in [0.25, 0.3) is 5.56 Å². The monoisotopic (exact) mass is 321 g/mol. The molecular formula is C10H16BrN3O2S. The summed E-state index contributed by atoms with van der Waals surface area (Å²) >= 11 is 5.04. The molecule has 0 radical (unpaired) electrons. The number of hydrogen-bond donors (Lipinski definition) is 2. The highest BCUT2D eigenvalue weighted by atomic mass is 79.9. The third-order valence-corrected chi connectivity index (χ3v) is 3.60. The van der Waals surface area contributed by atoms with Crippen LogP contribution >= 0.6 is 27.7 Å². The Balaban J connectivity index is 2.68. The standard InChI is InChI=1S/C10H16BrN3O2S/c1-17-6-2-3-12-8-7-13-14(4-5-15)10(16)9(8)11/h7,12,15H,2-6H2,1H3. The number of aromatic nitrogens is 2. The second-order valence-electron chi connectivity index (χ2n) is 3.40. The maximum atomic E-state index is 11.8. The van der Waals surface area contributed by atoms with Gasteiger partial charge in [0.1, 0.15) is 4.47 Å². The maximum absolute atomic E-state index is 11.8. The highest BCUT2D eigenvalue weighted by molar-refractivity contribution is 9.10. The Morgan fingerprint density at radius 2 is 2.41 bits per heavy atom. The normalized spacial score (nSPS) is 10.5. The van der Waals surface area contributed by atoms with E-state index >= 15 is 0 Å². The van der Waals surface area contributed by atoms with Crippen LogP contribution in [0.3, 0.4) is 0 Å². The minimum Gasteiger partial charge on any atom is -0.394 e. The summed E-state index contributed by atoms with van der Waals surface area (Å²) in [5.41, 5.74) is 0.471. The second-order valence-corrected chi connectivity index (χ2v) is 5.18. The average Bonchev–Trinajstić information content (AvgIpc) is 2.33. The fourth-order valence-corrected chi connectivity index (χ4v) is 2.16. The molecule has 0 aliphatic carbocycles. The minimum absolute atomic E-state index is 0.0974. The molecule has 1 aromatic rings. The van der Waals surface area contributed by atoms with Crippen LogP contribution in [-0.4, -0.2) is 40.0 Å². The molecule has 0 saturated carbocycles. The van der Waals surface area contributed by atoms with Crippen molar-refractivity contribution < 1.29 is 5.11 Å². The number of thioether (sulfide) groups is 1. The topological polar surface area (TPSA) is 67.2 Å². The first-order valence-corrected chi connectivity index (χ1v) is 7.48. The van der Waals surface area contributed by atoms with Gasteiger partial charge in [0.15, 0.2) is 0 Å². The van der Waals surface area contributed by atoms with Crippen LogP contribution < -0.4 is 10.9 Å². The SMILES string of the molecule is CSCCCNc1cnn(CCO)c(=O)c1Br.